The number of hydrogen-bond acceptors (Lipinski definition) is 12. The van der Waals surface area contributed by atoms with E-state index in [1.807, 2.05) is 0 Å². The molecule has 0 aromatic carbocycles. The number of hydrogen-bond donors (Lipinski definition) is 11. The molecule has 2 rings (SSSR count). The summed E-state index contributed by atoms with van der Waals surface area (Å²) in [4.78, 5) is 35.6. The van der Waals surface area contributed by atoms with Crippen molar-refractivity contribution in [2.24, 2.45) is 5.73 Å². The molecule has 2 saturated heterocycles. The van der Waals surface area contributed by atoms with E-state index < -0.39 is 86.4 Å². The van der Waals surface area contributed by atoms with Gasteiger partial charge in [-0.3, -0.25) is 19.8 Å². The minimum absolute atomic E-state index is 0.130. The van der Waals surface area contributed by atoms with Crippen molar-refractivity contribution >= 4 is 24.1 Å². The Bertz CT molecular complexity index is 726. The summed E-state index contributed by atoms with van der Waals surface area (Å²) < 4.78 is 5.42. The Hall–Kier alpha value is -2.44. The van der Waals surface area contributed by atoms with Gasteiger partial charge in [0.25, 0.3) is 0 Å². The first-order valence-corrected chi connectivity index (χ1v) is 9.97. The van der Waals surface area contributed by atoms with Crippen molar-refractivity contribution < 1.29 is 49.8 Å². The summed E-state index contributed by atoms with van der Waals surface area (Å²) in [7, 11) is 0. The molecule has 0 saturated carbocycles. The number of ether oxygens (including phenoxy) is 1. The van der Waals surface area contributed by atoms with Gasteiger partial charge in [-0.15, -0.1) is 0 Å². The van der Waals surface area contributed by atoms with Gasteiger partial charge in [0.05, 0.1) is 25.8 Å². The standard InChI is InChI=1S/C17H29N6O10/c18-9(15(32)22-6(4-25)14(31)20-1-2-24)10(27)7-3-21-17(19)23(7)16-13(30)12(29)11(28)8(5-26)33-16/h6-13,16,25-30H,1,3-5,18H2,(H2,19,21)(H,20,31)(H,22,32)/t6-,7?,8?,9-,10?,11?,12?,13?,16?/m0/s1. The predicted molar refractivity (Wildman–Crippen MR) is 107 cm³/mol. The van der Waals surface area contributed by atoms with Crippen LogP contribution in [0, 0.1) is 5.41 Å². The van der Waals surface area contributed by atoms with Crippen molar-refractivity contribution in [3.8, 4) is 0 Å². The molecule has 0 aromatic heterocycles. The van der Waals surface area contributed by atoms with Crippen LogP contribution in [0.2, 0.25) is 0 Å². The number of nitrogens with two attached hydrogens (primary N) is 1. The SMILES string of the molecule is N=C1NCC(C(O)[C@H](N)C(=O)N[C@@H](CO)C(=O)NC[C]=O)N1C1OC(CO)C(O)C(O)C1O. The van der Waals surface area contributed by atoms with E-state index in [1.165, 1.54) is 6.29 Å². The Labute approximate surface area is 187 Å². The van der Waals surface area contributed by atoms with Crippen LogP contribution in [0.3, 0.4) is 0 Å². The number of nitrogens with zero attached hydrogens (tertiary/aromatic N) is 1. The maximum Gasteiger partial charge on any atom is 0.245 e. The van der Waals surface area contributed by atoms with Crippen molar-refractivity contribution in [1.82, 2.24) is 20.9 Å². The van der Waals surface area contributed by atoms with E-state index in [9.17, 15) is 45.0 Å². The van der Waals surface area contributed by atoms with E-state index in [4.69, 9.17) is 15.9 Å². The maximum atomic E-state index is 12.5. The zero-order valence-electron chi connectivity index (χ0n) is 17.4. The van der Waals surface area contributed by atoms with Gasteiger partial charge in [0.15, 0.2) is 12.2 Å². The molecular formula is C17H29N6O10. The number of carbonyl (C=O) groups excluding carboxylic acids is 3. The van der Waals surface area contributed by atoms with Gasteiger partial charge < -0.3 is 62.0 Å². The van der Waals surface area contributed by atoms with Crippen LogP contribution in [-0.2, 0) is 19.1 Å². The second-order valence-electron chi connectivity index (χ2n) is 7.55. The van der Waals surface area contributed by atoms with Gasteiger partial charge >= 0.3 is 0 Å². The van der Waals surface area contributed by atoms with Crippen LogP contribution in [0.25, 0.3) is 0 Å². The van der Waals surface area contributed by atoms with E-state index in [0.717, 1.165) is 4.90 Å². The van der Waals surface area contributed by atoms with Gasteiger partial charge in [0.2, 0.25) is 18.1 Å². The monoisotopic (exact) mass is 477 g/mol. The van der Waals surface area contributed by atoms with Crippen LogP contribution in [0.1, 0.15) is 0 Å². The van der Waals surface area contributed by atoms with Gasteiger partial charge in [-0.2, -0.15) is 0 Å². The highest BCUT2D eigenvalue weighted by Crippen LogP contribution is 2.27. The lowest BCUT2D eigenvalue weighted by Crippen LogP contribution is -2.67. The molecule has 16 nitrogen and oxygen atoms in total. The molecule has 1 radical (unpaired) electrons. The number of amides is 2. The molecular weight excluding hydrogens is 448 g/mol. The summed E-state index contributed by atoms with van der Waals surface area (Å²) in [6.45, 7) is -2.14. The van der Waals surface area contributed by atoms with Crippen molar-refractivity contribution in [1.29, 1.82) is 5.41 Å². The molecule has 0 aliphatic carbocycles. The van der Waals surface area contributed by atoms with Gasteiger partial charge in [0, 0.05) is 6.54 Å². The summed E-state index contributed by atoms with van der Waals surface area (Å²) >= 11 is 0. The third kappa shape index (κ3) is 5.74. The molecule has 16 heteroatoms. The Morgan fingerprint density at radius 1 is 1.24 bits per heavy atom. The summed E-state index contributed by atoms with van der Waals surface area (Å²) in [5, 5.41) is 74.6. The number of carbonyl (C=O) groups is 2. The molecule has 7 unspecified atom stereocenters. The Morgan fingerprint density at radius 2 is 1.91 bits per heavy atom. The first-order chi connectivity index (χ1) is 15.6. The normalized spacial score (nSPS) is 32.5. The predicted octanol–water partition coefficient (Wildman–Crippen LogP) is -7.61. The molecule has 0 spiro atoms. The van der Waals surface area contributed by atoms with Crippen LogP contribution in [0.5, 0.6) is 0 Å². The van der Waals surface area contributed by atoms with Gasteiger partial charge in [-0.1, -0.05) is 0 Å². The van der Waals surface area contributed by atoms with E-state index in [0.29, 0.717) is 0 Å². The molecule has 33 heavy (non-hydrogen) atoms. The lowest BCUT2D eigenvalue weighted by molar-refractivity contribution is -0.260. The molecule has 9 atom stereocenters. The Kier molecular flexibility index (Phi) is 9.44. The largest absolute Gasteiger partial charge is 0.394 e. The molecule has 0 aromatic rings. The number of rotatable bonds is 10. The zero-order chi connectivity index (χ0) is 24.9. The molecule has 187 valence electrons. The molecule has 2 heterocycles. The van der Waals surface area contributed by atoms with E-state index in [-0.39, 0.29) is 12.5 Å². The summed E-state index contributed by atoms with van der Waals surface area (Å²) in [6.07, 6.45) is -8.19. The molecule has 2 fully saturated rings. The quantitative estimate of drug-likeness (QED) is 0.140. The first kappa shape index (κ1) is 26.8. The fourth-order valence-electron chi connectivity index (χ4n) is 3.57. The van der Waals surface area contributed by atoms with Gasteiger partial charge in [-0.25, -0.2) is 0 Å². The van der Waals surface area contributed by atoms with E-state index in [2.05, 4.69) is 16.0 Å². The molecule has 12 N–H and O–H groups in total. The number of aliphatic hydroxyl groups excluding tert-OH is 6. The lowest BCUT2D eigenvalue weighted by Gasteiger charge is -2.46. The van der Waals surface area contributed by atoms with E-state index in [1.54, 1.807) is 0 Å². The molecule has 2 amide bonds. The van der Waals surface area contributed by atoms with Crippen molar-refractivity contribution in [2.75, 3.05) is 26.3 Å². The molecule has 2 aliphatic rings. The van der Waals surface area contributed by atoms with Crippen LogP contribution in [-0.4, -0.2) is 141 Å². The van der Waals surface area contributed by atoms with Crippen molar-refractivity contribution in [3.63, 3.8) is 0 Å². The smallest absolute Gasteiger partial charge is 0.245 e. The highest BCUT2D eigenvalue weighted by atomic mass is 16.6. The van der Waals surface area contributed by atoms with Crippen LogP contribution in [0.15, 0.2) is 0 Å². The van der Waals surface area contributed by atoms with Crippen molar-refractivity contribution in [2.45, 2.75) is 54.9 Å². The summed E-state index contributed by atoms with van der Waals surface area (Å²) in [5.41, 5.74) is 5.82. The number of guanidine groups is 1. The highest BCUT2D eigenvalue weighted by molar-refractivity contribution is 5.91. The Balaban J connectivity index is 2.14. The minimum atomic E-state index is -1.75. The Morgan fingerprint density at radius 3 is 2.48 bits per heavy atom. The second kappa shape index (κ2) is 11.6. The minimum Gasteiger partial charge on any atom is -0.394 e. The van der Waals surface area contributed by atoms with Crippen LogP contribution < -0.4 is 21.7 Å². The number of nitrogens with one attached hydrogen (secondary N) is 4. The number of aliphatic hydroxyl groups is 6. The molecule has 0 bridgehead atoms. The fourth-order valence-corrected chi connectivity index (χ4v) is 3.57. The zero-order valence-corrected chi connectivity index (χ0v) is 17.4. The summed E-state index contributed by atoms with van der Waals surface area (Å²) in [6, 6.07) is -4.30. The van der Waals surface area contributed by atoms with Crippen LogP contribution >= 0.6 is 0 Å². The second-order valence-corrected chi connectivity index (χ2v) is 7.55. The lowest BCUT2D eigenvalue weighted by atomic mass is 9.96. The van der Waals surface area contributed by atoms with E-state index >= 15 is 0 Å². The van der Waals surface area contributed by atoms with Crippen molar-refractivity contribution in [3.05, 3.63) is 0 Å². The maximum absolute atomic E-state index is 12.5. The highest BCUT2D eigenvalue weighted by Gasteiger charge is 2.51. The van der Waals surface area contributed by atoms with Gasteiger partial charge in [0.1, 0.15) is 42.6 Å². The average Bonchev–Trinajstić information content (AvgIpc) is 3.19. The first-order valence-electron chi connectivity index (χ1n) is 9.97. The summed E-state index contributed by atoms with van der Waals surface area (Å²) in [5.74, 6) is -2.28. The van der Waals surface area contributed by atoms with Crippen LogP contribution in [0.4, 0.5) is 0 Å². The fraction of sp³-hybridized carbons (Fsp3) is 0.765. The molecule has 2 aliphatic heterocycles. The average molecular weight is 477 g/mol. The third-order valence-corrected chi connectivity index (χ3v) is 5.45. The topological polar surface area (TPSA) is 271 Å². The third-order valence-electron chi connectivity index (χ3n) is 5.45. The van der Waals surface area contributed by atoms with Gasteiger partial charge in [-0.05, 0) is 0 Å².